The minimum Gasteiger partial charge on any atom is -0.378 e. The molecule has 2 atom stereocenters. The van der Waals surface area contributed by atoms with E-state index in [-0.39, 0.29) is 30.5 Å². The largest absolute Gasteiger partial charge is 0.378 e. The molecule has 2 aliphatic heterocycles. The first-order chi connectivity index (χ1) is 9.34. The molecule has 0 spiro atoms. The third-order valence-corrected chi connectivity index (χ3v) is 4.42. The normalized spacial score (nSPS) is 26.9. The molecule has 0 radical (unpaired) electrons. The number of amides is 1. The lowest BCUT2D eigenvalue weighted by molar-refractivity contribution is -0.144. The van der Waals surface area contributed by atoms with Crippen LogP contribution in [-0.2, 0) is 14.3 Å². The zero-order valence-electron chi connectivity index (χ0n) is 11.1. The third kappa shape index (κ3) is 3.51. The van der Waals surface area contributed by atoms with Gasteiger partial charge in [-0.2, -0.15) is 0 Å². The Hall–Kier alpha value is -0.660. The Balaban J connectivity index is 0.00000147. The molecule has 3 heterocycles. The first-order valence-corrected chi connectivity index (χ1v) is 7.47. The molecule has 0 saturated carbocycles. The third-order valence-electron chi connectivity index (χ3n) is 3.46. The van der Waals surface area contributed by atoms with Crippen molar-refractivity contribution >= 4 is 29.7 Å². The number of carbonyl (C=O) groups is 1. The Morgan fingerprint density at radius 1 is 1.45 bits per heavy atom. The number of nitrogens with one attached hydrogen (secondary N) is 1. The van der Waals surface area contributed by atoms with Crippen LogP contribution in [0.4, 0.5) is 0 Å². The lowest BCUT2D eigenvalue weighted by Gasteiger charge is -2.35. The highest BCUT2D eigenvalue weighted by Gasteiger charge is 2.31. The number of morpholine rings is 2. The number of thiophene rings is 1. The minimum absolute atomic E-state index is 0. The number of rotatable bonds is 2. The van der Waals surface area contributed by atoms with Gasteiger partial charge < -0.3 is 19.7 Å². The van der Waals surface area contributed by atoms with Crippen LogP contribution < -0.4 is 5.32 Å². The molecule has 20 heavy (non-hydrogen) atoms. The van der Waals surface area contributed by atoms with Crippen molar-refractivity contribution in [3.05, 3.63) is 22.4 Å². The summed E-state index contributed by atoms with van der Waals surface area (Å²) in [5.41, 5.74) is 0. The van der Waals surface area contributed by atoms with Crippen molar-refractivity contribution in [2.45, 2.75) is 12.1 Å². The van der Waals surface area contributed by atoms with Gasteiger partial charge in [0, 0.05) is 18.0 Å². The summed E-state index contributed by atoms with van der Waals surface area (Å²) in [5.74, 6) is 0.129. The van der Waals surface area contributed by atoms with Crippen molar-refractivity contribution < 1.29 is 14.3 Å². The highest BCUT2D eigenvalue weighted by atomic mass is 35.5. The fraction of sp³-hybridized carbons (Fsp3) is 0.615. The van der Waals surface area contributed by atoms with E-state index in [2.05, 4.69) is 11.4 Å². The molecule has 7 heteroatoms. The Morgan fingerprint density at radius 3 is 3.05 bits per heavy atom. The molecule has 0 aliphatic carbocycles. The number of hydrogen-bond donors (Lipinski definition) is 1. The van der Waals surface area contributed by atoms with Gasteiger partial charge >= 0.3 is 0 Å². The van der Waals surface area contributed by atoms with Crippen LogP contribution in [0.15, 0.2) is 17.5 Å². The van der Waals surface area contributed by atoms with Crippen LogP contribution in [0.2, 0.25) is 0 Å². The summed E-state index contributed by atoms with van der Waals surface area (Å²) in [4.78, 5) is 15.5. The molecule has 2 aliphatic rings. The first-order valence-electron chi connectivity index (χ1n) is 6.59. The zero-order chi connectivity index (χ0) is 13.1. The van der Waals surface area contributed by atoms with Gasteiger partial charge in [0.05, 0.1) is 26.4 Å². The number of carbonyl (C=O) groups excluding carboxylic acids is 1. The molecule has 1 N–H and O–H groups in total. The quantitative estimate of drug-likeness (QED) is 0.886. The molecule has 2 saturated heterocycles. The van der Waals surface area contributed by atoms with Gasteiger partial charge in [0.1, 0.15) is 12.1 Å². The van der Waals surface area contributed by atoms with Crippen LogP contribution in [-0.4, -0.2) is 56.3 Å². The monoisotopic (exact) mass is 318 g/mol. The molecular weight excluding hydrogens is 300 g/mol. The molecule has 1 amide bonds. The number of nitrogens with zero attached hydrogens (tertiary/aromatic N) is 1. The van der Waals surface area contributed by atoms with E-state index >= 15 is 0 Å². The predicted molar refractivity (Wildman–Crippen MR) is 79.4 cm³/mol. The van der Waals surface area contributed by atoms with Crippen molar-refractivity contribution in [1.82, 2.24) is 10.2 Å². The fourth-order valence-electron chi connectivity index (χ4n) is 2.44. The standard InChI is InChI=1S/C13H18N2O3S.ClH/c16-13(10-9-17-5-3-14-10)15-4-6-18-11(8-15)12-2-1-7-19-12;/h1-2,7,10-11,14H,3-6,8-9H2;1H. The van der Waals surface area contributed by atoms with Crippen molar-refractivity contribution in [1.29, 1.82) is 0 Å². The molecule has 0 bridgehead atoms. The lowest BCUT2D eigenvalue weighted by Crippen LogP contribution is -2.55. The first kappa shape index (κ1) is 15.7. The summed E-state index contributed by atoms with van der Waals surface area (Å²) < 4.78 is 11.1. The second-order valence-corrected chi connectivity index (χ2v) is 5.72. The zero-order valence-corrected chi connectivity index (χ0v) is 12.8. The van der Waals surface area contributed by atoms with E-state index in [4.69, 9.17) is 9.47 Å². The van der Waals surface area contributed by atoms with Crippen LogP contribution in [0.25, 0.3) is 0 Å². The maximum atomic E-state index is 12.4. The summed E-state index contributed by atoms with van der Waals surface area (Å²) >= 11 is 1.68. The molecule has 2 unspecified atom stereocenters. The number of ether oxygens (including phenoxy) is 2. The Labute approximate surface area is 128 Å². The average molecular weight is 319 g/mol. The van der Waals surface area contributed by atoms with E-state index in [0.29, 0.717) is 32.9 Å². The average Bonchev–Trinajstić information content (AvgIpc) is 3.02. The molecule has 112 valence electrons. The molecular formula is C13H19ClN2O3S. The SMILES string of the molecule is Cl.O=C(C1COCCN1)N1CCOC(c2cccs2)C1. The second kappa shape index (κ2) is 7.38. The predicted octanol–water partition coefficient (Wildman–Crippen LogP) is 1.06. The molecule has 1 aromatic heterocycles. The van der Waals surface area contributed by atoms with Gasteiger partial charge in [0.2, 0.25) is 5.91 Å². The molecule has 2 fully saturated rings. The number of halogens is 1. The summed E-state index contributed by atoms with van der Waals surface area (Å²) in [5, 5.41) is 5.25. The number of hydrogen-bond acceptors (Lipinski definition) is 5. The van der Waals surface area contributed by atoms with E-state index in [1.54, 1.807) is 11.3 Å². The fourth-order valence-corrected chi connectivity index (χ4v) is 3.21. The van der Waals surface area contributed by atoms with E-state index in [1.165, 1.54) is 4.88 Å². The van der Waals surface area contributed by atoms with Crippen molar-refractivity contribution in [2.75, 3.05) is 39.5 Å². The van der Waals surface area contributed by atoms with Gasteiger partial charge in [-0.3, -0.25) is 4.79 Å². The summed E-state index contributed by atoms with van der Waals surface area (Å²) in [6.45, 7) is 3.80. The van der Waals surface area contributed by atoms with Crippen molar-refractivity contribution in [2.24, 2.45) is 0 Å². The summed E-state index contributed by atoms with van der Waals surface area (Å²) in [7, 11) is 0. The summed E-state index contributed by atoms with van der Waals surface area (Å²) in [6, 6.07) is 3.88. The molecule has 5 nitrogen and oxygen atoms in total. The Morgan fingerprint density at radius 2 is 2.35 bits per heavy atom. The minimum atomic E-state index is -0.198. The van der Waals surface area contributed by atoms with E-state index in [9.17, 15) is 4.79 Å². The van der Waals surface area contributed by atoms with Crippen LogP contribution in [0.1, 0.15) is 11.0 Å². The van der Waals surface area contributed by atoms with Gasteiger partial charge in [-0.05, 0) is 11.4 Å². The highest BCUT2D eigenvalue weighted by Crippen LogP contribution is 2.26. The van der Waals surface area contributed by atoms with Gasteiger partial charge in [0.15, 0.2) is 0 Å². The summed E-state index contributed by atoms with van der Waals surface area (Å²) in [6.07, 6.45) is 0.0159. The van der Waals surface area contributed by atoms with Crippen LogP contribution in [0, 0.1) is 0 Å². The van der Waals surface area contributed by atoms with Crippen LogP contribution in [0.3, 0.4) is 0 Å². The van der Waals surface area contributed by atoms with Crippen LogP contribution in [0.5, 0.6) is 0 Å². The maximum Gasteiger partial charge on any atom is 0.242 e. The Bertz CT molecular complexity index is 423. The van der Waals surface area contributed by atoms with Gasteiger partial charge in [0.25, 0.3) is 0 Å². The van der Waals surface area contributed by atoms with Gasteiger partial charge in [-0.15, -0.1) is 23.7 Å². The van der Waals surface area contributed by atoms with Crippen molar-refractivity contribution in [3.63, 3.8) is 0 Å². The van der Waals surface area contributed by atoms with Crippen molar-refractivity contribution in [3.8, 4) is 0 Å². The van der Waals surface area contributed by atoms with E-state index in [0.717, 1.165) is 6.54 Å². The highest BCUT2D eigenvalue weighted by molar-refractivity contribution is 7.10. The van der Waals surface area contributed by atoms with Crippen LogP contribution >= 0.6 is 23.7 Å². The second-order valence-electron chi connectivity index (χ2n) is 4.74. The lowest BCUT2D eigenvalue weighted by atomic mass is 10.2. The van der Waals surface area contributed by atoms with Gasteiger partial charge in [-0.25, -0.2) is 0 Å². The Kier molecular flexibility index (Phi) is 5.80. The van der Waals surface area contributed by atoms with Gasteiger partial charge in [-0.1, -0.05) is 6.07 Å². The van der Waals surface area contributed by atoms with E-state index in [1.807, 2.05) is 16.3 Å². The molecule has 3 rings (SSSR count). The maximum absolute atomic E-state index is 12.4. The molecule has 1 aromatic rings. The topological polar surface area (TPSA) is 50.8 Å². The molecule has 0 aromatic carbocycles. The van der Waals surface area contributed by atoms with E-state index < -0.39 is 0 Å². The smallest absolute Gasteiger partial charge is 0.242 e.